The maximum atomic E-state index is 5.50. The molecule has 2 heterocycles. The van der Waals surface area contributed by atoms with E-state index in [9.17, 15) is 0 Å². The highest BCUT2D eigenvalue weighted by Crippen LogP contribution is 2.10. The van der Waals surface area contributed by atoms with Crippen molar-refractivity contribution in [2.24, 2.45) is 0 Å². The maximum absolute atomic E-state index is 5.50. The first-order valence-electron chi connectivity index (χ1n) is 7.03. The summed E-state index contributed by atoms with van der Waals surface area (Å²) in [6.07, 6.45) is 3.84. The van der Waals surface area contributed by atoms with Gasteiger partial charge < -0.3 is 15.1 Å². The van der Waals surface area contributed by atoms with Crippen LogP contribution in [0.15, 0.2) is 22.7 Å². The first-order chi connectivity index (χ1) is 9.83. The van der Waals surface area contributed by atoms with Crippen LogP contribution in [-0.2, 0) is 19.5 Å². The molecular weight excluding hydrogens is 254 g/mol. The van der Waals surface area contributed by atoms with Crippen molar-refractivity contribution < 1.29 is 4.42 Å². The van der Waals surface area contributed by atoms with Gasteiger partial charge in [0.25, 0.3) is 0 Å². The summed E-state index contributed by atoms with van der Waals surface area (Å²) in [6, 6.07) is 4.47. The molecule has 0 aliphatic heterocycles. The summed E-state index contributed by atoms with van der Waals surface area (Å²) in [5.41, 5.74) is 2.24. The Morgan fingerprint density at radius 2 is 2.10 bits per heavy atom. The van der Waals surface area contributed by atoms with E-state index >= 15 is 0 Å². The number of hydrogen-bond donors (Lipinski definition) is 2. The average Bonchev–Trinajstić information content (AvgIpc) is 2.93. The van der Waals surface area contributed by atoms with Crippen LogP contribution in [0.4, 0.5) is 6.01 Å². The van der Waals surface area contributed by atoms with Crippen LogP contribution in [0.25, 0.3) is 0 Å². The van der Waals surface area contributed by atoms with E-state index in [1.54, 1.807) is 6.20 Å². The van der Waals surface area contributed by atoms with E-state index < -0.39 is 0 Å². The van der Waals surface area contributed by atoms with Crippen molar-refractivity contribution in [2.45, 2.75) is 39.8 Å². The van der Waals surface area contributed by atoms with Gasteiger partial charge in [-0.2, -0.15) is 0 Å². The number of aryl methyl sites for hydroxylation is 1. The lowest BCUT2D eigenvalue weighted by Crippen LogP contribution is -2.13. The molecule has 0 amide bonds. The van der Waals surface area contributed by atoms with Gasteiger partial charge in [0.1, 0.15) is 0 Å². The van der Waals surface area contributed by atoms with E-state index in [1.807, 2.05) is 6.07 Å². The van der Waals surface area contributed by atoms with Crippen molar-refractivity contribution in [3.8, 4) is 0 Å². The summed E-state index contributed by atoms with van der Waals surface area (Å²) >= 11 is 0. The highest BCUT2D eigenvalue weighted by Gasteiger charge is 2.07. The van der Waals surface area contributed by atoms with Gasteiger partial charge in [0, 0.05) is 6.20 Å². The molecule has 108 valence electrons. The summed E-state index contributed by atoms with van der Waals surface area (Å²) in [5, 5.41) is 14.3. The number of aromatic nitrogens is 3. The first-order valence-corrected chi connectivity index (χ1v) is 7.03. The standard InChI is InChI=1S/C14H21N5O/c1-3-7-15-10-13-18-19-14(20-13)17-9-12-11(4-2)6-5-8-16-12/h5-6,8,15H,3-4,7,9-10H2,1-2H3,(H,17,19). The molecule has 2 N–H and O–H groups in total. The van der Waals surface area contributed by atoms with Crippen molar-refractivity contribution in [3.63, 3.8) is 0 Å². The van der Waals surface area contributed by atoms with Gasteiger partial charge in [-0.1, -0.05) is 25.0 Å². The van der Waals surface area contributed by atoms with Gasteiger partial charge in [-0.25, -0.2) is 0 Å². The van der Waals surface area contributed by atoms with Gasteiger partial charge in [0.05, 0.1) is 18.8 Å². The van der Waals surface area contributed by atoms with Gasteiger partial charge in [-0.3, -0.25) is 4.98 Å². The van der Waals surface area contributed by atoms with Crippen molar-refractivity contribution in [3.05, 3.63) is 35.5 Å². The Morgan fingerprint density at radius 1 is 1.20 bits per heavy atom. The molecule has 0 bridgehead atoms. The van der Waals surface area contributed by atoms with Gasteiger partial charge in [-0.15, -0.1) is 5.10 Å². The Kier molecular flexibility index (Phi) is 5.49. The highest BCUT2D eigenvalue weighted by atomic mass is 16.4. The van der Waals surface area contributed by atoms with Crippen molar-refractivity contribution in [1.82, 2.24) is 20.5 Å². The summed E-state index contributed by atoms with van der Waals surface area (Å²) in [7, 11) is 0. The Bertz CT molecular complexity index is 526. The van der Waals surface area contributed by atoms with Crippen LogP contribution in [0.1, 0.15) is 37.4 Å². The molecule has 0 aliphatic carbocycles. The van der Waals surface area contributed by atoms with Crippen molar-refractivity contribution >= 4 is 6.01 Å². The summed E-state index contributed by atoms with van der Waals surface area (Å²) in [4.78, 5) is 4.37. The van der Waals surface area contributed by atoms with Gasteiger partial charge in [0.2, 0.25) is 5.89 Å². The minimum absolute atomic E-state index is 0.436. The lowest BCUT2D eigenvalue weighted by molar-refractivity contribution is 0.476. The van der Waals surface area contributed by atoms with Crippen LogP contribution in [0.3, 0.4) is 0 Å². The Labute approximate surface area is 119 Å². The monoisotopic (exact) mass is 275 g/mol. The molecular formula is C14H21N5O. The largest absolute Gasteiger partial charge is 0.407 e. The Balaban J connectivity index is 1.87. The molecule has 6 heteroatoms. The minimum atomic E-state index is 0.436. The molecule has 2 aromatic rings. The molecule has 0 saturated heterocycles. The number of pyridine rings is 1. The lowest BCUT2D eigenvalue weighted by Gasteiger charge is -2.05. The molecule has 2 aromatic heterocycles. The molecule has 0 radical (unpaired) electrons. The molecule has 0 saturated carbocycles. The summed E-state index contributed by atoms with van der Waals surface area (Å²) in [6.45, 7) is 6.37. The fourth-order valence-corrected chi connectivity index (χ4v) is 1.88. The number of hydrogen-bond acceptors (Lipinski definition) is 6. The molecule has 20 heavy (non-hydrogen) atoms. The van der Waals surface area contributed by atoms with E-state index in [2.05, 4.69) is 45.7 Å². The second-order valence-corrected chi connectivity index (χ2v) is 4.49. The summed E-state index contributed by atoms with van der Waals surface area (Å²) < 4.78 is 5.50. The first kappa shape index (κ1) is 14.5. The summed E-state index contributed by atoms with van der Waals surface area (Å²) in [5.74, 6) is 0.595. The van der Waals surface area contributed by atoms with Crippen LogP contribution < -0.4 is 10.6 Å². The third kappa shape index (κ3) is 4.03. The second-order valence-electron chi connectivity index (χ2n) is 4.49. The Morgan fingerprint density at radius 3 is 2.90 bits per heavy atom. The lowest BCUT2D eigenvalue weighted by atomic mass is 10.1. The number of anilines is 1. The highest BCUT2D eigenvalue weighted by molar-refractivity contribution is 5.25. The van der Waals surface area contributed by atoms with E-state index in [0.717, 1.165) is 25.1 Å². The molecule has 0 fully saturated rings. The SMILES string of the molecule is CCCNCc1nnc(NCc2ncccc2CC)o1. The minimum Gasteiger partial charge on any atom is -0.407 e. The second kappa shape index (κ2) is 7.59. The normalized spacial score (nSPS) is 10.7. The fraction of sp³-hybridized carbons (Fsp3) is 0.500. The molecule has 2 rings (SSSR count). The topological polar surface area (TPSA) is 75.9 Å². The molecule has 0 aromatic carbocycles. The van der Waals surface area contributed by atoms with Crippen molar-refractivity contribution in [1.29, 1.82) is 0 Å². The van der Waals surface area contributed by atoms with Crippen LogP contribution in [0, 0.1) is 0 Å². The number of nitrogens with one attached hydrogen (secondary N) is 2. The zero-order chi connectivity index (χ0) is 14.2. The zero-order valence-corrected chi connectivity index (χ0v) is 12.0. The Hall–Kier alpha value is -1.95. The predicted octanol–water partition coefficient (Wildman–Crippen LogP) is 2.14. The number of rotatable bonds is 8. The fourth-order valence-electron chi connectivity index (χ4n) is 1.88. The van der Waals surface area contributed by atoms with E-state index in [0.29, 0.717) is 25.0 Å². The number of nitrogens with zero attached hydrogens (tertiary/aromatic N) is 3. The van der Waals surface area contributed by atoms with Crippen molar-refractivity contribution in [2.75, 3.05) is 11.9 Å². The van der Waals surface area contributed by atoms with Crippen LogP contribution in [0.5, 0.6) is 0 Å². The maximum Gasteiger partial charge on any atom is 0.315 e. The predicted molar refractivity (Wildman–Crippen MR) is 77.2 cm³/mol. The molecule has 6 nitrogen and oxygen atoms in total. The third-order valence-corrected chi connectivity index (χ3v) is 2.94. The van der Waals surface area contributed by atoms with Gasteiger partial charge in [-0.05, 0) is 31.0 Å². The van der Waals surface area contributed by atoms with Gasteiger partial charge >= 0.3 is 6.01 Å². The van der Waals surface area contributed by atoms with Crippen LogP contribution >= 0.6 is 0 Å². The molecule has 0 atom stereocenters. The molecule has 0 aliphatic rings. The third-order valence-electron chi connectivity index (χ3n) is 2.94. The van der Waals surface area contributed by atoms with E-state index in [4.69, 9.17) is 4.42 Å². The van der Waals surface area contributed by atoms with Crippen LogP contribution in [-0.4, -0.2) is 21.7 Å². The quantitative estimate of drug-likeness (QED) is 0.719. The van der Waals surface area contributed by atoms with Crippen LogP contribution in [0.2, 0.25) is 0 Å². The molecule has 0 spiro atoms. The average molecular weight is 275 g/mol. The van der Waals surface area contributed by atoms with E-state index in [-0.39, 0.29) is 0 Å². The smallest absolute Gasteiger partial charge is 0.315 e. The van der Waals surface area contributed by atoms with Gasteiger partial charge in [0.15, 0.2) is 0 Å². The van der Waals surface area contributed by atoms with E-state index in [1.165, 1.54) is 5.56 Å². The molecule has 0 unspecified atom stereocenters. The zero-order valence-electron chi connectivity index (χ0n) is 12.0.